The molecule has 1 atom stereocenters. The lowest BCUT2D eigenvalue weighted by molar-refractivity contribution is 0.266. The summed E-state index contributed by atoms with van der Waals surface area (Å²) in [7, 11) is 0. The number of anilines is 1. The van der Waals surface area contributed by atoms with E-state index in [0.717, 1.165) is 18.5 Å². The molecule has 0 unspecified atom stereocenters. The summed E-state index contributed by atoms with van der Waals surface area (Å²) in [6.45, 7) is 6.10. The second-order valence-corrected chi connectivity index (χ2v) is 5.07. The average molecular weight is 314 g/mol. The zero-order valence-electron chi connectivity index (χ0n) is 13.3. The van der Waals surface area contributed by atoms with Crippen molar-refractivity contribution in [2.45, 2.75) is 32.4 Å². The molecular weight excluding hydrogens is 292 g/mol. The molecule has 122 valence electrons. The smallest absolute Gasteiger partial charge is 0.180 e. The summed E-state index contributed by atoms with van der Waals surface area (Å²) < 4.78 is 5.78. The van der Waals surface area contributed by atoms with Crippen LogP contribution in [0, 0.1) is 0 Å². The third kappa shape index (κ3) is 5.03. The van der Waals surface area contributed by atoms with E-state index in [4.69, 9.17) is 4.74 Å². The van der Waals surface area contributed by atoms with Gasteiger partial charge in [-0.25, -0.2) is 9.97 Å². The van der Waals surface area contributed by atoms with Crippen LogP contribution >= 0.6 is 0 Å². The molecule has 2 N–H and O–H groups in total. The van der Waals surface area contributed by atoms with E-state index in [2.05, 4.69) is 33.8 Å². The number of nitrogens with one attached hydrogen (secondary N) is 1. The molecule has 0 amide bonds. The van der Waals surface area contributed by atoms with E-state index >= 15 is 0 Å². The summed E-state index contributed by atoms with van der Waals surface area (Å²) in [4.78, 5) is 12.8. The maximum atomic E-state index is 9.47. The Kier molecular flexibility index (Phi) is 6.50. The zero-order valence-corrected chi connectivity index (χ0v) is 13.3. The Morgan fingerprint density at radius 2 is 2.26 bits per heavy atom. The van der Waals surface area contributed by atoms with Crippen LogP contribution in [0.4, 0.5) is 5.82 Å². The molecule has 6 nitrogen and oxygen atoms in total. The summed E-state index contributed by atoms with van der Waals surface area (Å²) >= 11 is 0. The van der Waals surface area contributed by atoms with E-state index in [1.165, 1.54) is 0 Å². The topological polar surface area (TPSA) is 80.2 Å². The van der Waals surface area contributed by atoms with Gasteiger partial charge in [-0.1, -0.05) is 26.0 Å². The van der Waals surface area contributed by atoms with Gasteiger partial charge >= 0.3 is 0 Å². The first kappa shape index (κ1) is 16.9. The maximum absolute atomic E-state index is 9.47. The summed E-state index contributed by atoms with van der Waals surface area (Å²) in [5.74, 6) is 1.58. The fourth-order valence-electron chi connectivity index (χ4n) is 2.08. The van der Waals surface area contributed by atoms with E-state index in [0.29, 0.717) is 24.0 Å². The van der Waals surface area contributed by atoms with Crippen molar-refractivity contribution < 1.29 is 9.84 Å². The predicted molar refractivity (Wildman–Crippen MR) is 90.1 cm³/mol. The van der Waals surface area contributed by atoms with Gasteiger partial charge in [0.1, 0.15) is 6.61 Å². The molecular formula is C17H22N4O2. The number of pyridine rings is 1. The van der Waals surface area contributed by atoms with Crippen LogP contribution in [0.1, 0.15) is 31.3 Å². The van der Waals surface area contributed by atoms with Crippen molar-refractivity contribution in [1.29, 1.82) is 0 Å². The second kappa shape index (κ2) is 8.85. The molecule has 2 aromatic heterocycles. The van der Waals surface area contributed by atoms with Crippen molar-refractivity contribution in [3.8, 4) is 5.75 Å². The van der Waals surface area contributed by atoms with Crippen LogP contribution in [0.25, 0.3) is 6.08 Å². The zero-order chi connectivity index (χ0) is 16.5. The lowest BCUT2D eigenvalue weighted by Gasteiger charge is -2.18. The maximum Gasteiger partial charge on any atom is 0.180 e. The van der Waals surface area contributed by atoms with Crippen LogP contribution in [-0.2, 0) is 6.61 Å². The van der Waals surface area contributed by atoms with Gasteiger partial charge in [-0.05, 0) is 24.6 Å². The summed E-state index contributed by atoms with van der Waals surface area (Å²) in [5.41, 5.74) is 0.818. The molecule has 0 saturated carbocycles. The normalized spacial score (nSPS) is 11.7. The van der Waals surface area contributed by atoms with Crippen molar-refractivity contribution in [3.63, 3.8) is 0 Å². The summed E-state index contributed by atoms with van der Waals surface area (Å²) in [6, 6.07) is 5.57. The highest BCUT2D eigenvalue weighted by Gasteiger charge is 2.13. The molecule has 23 heavy (non-hydrogen) atoms. The van der Waals surface area contributed by atoms with E-state index in [9.17, 15) is 5.11 Å². The van der Waals surface area contributed by atoms with Gasteiger partial charge in [0.15, 0.2) is 17.4 Å². The fraction of sp³-hybridized carbons (Fsp3) is 0.353. The van der Waals surface area contributed by atoms with Gasteiger partial charge in [0, 0.05) is 6.20 Å². The lowest BCUT2D eigenvalue weighted by atomic mass is 10.2. The Labute approximate surface area is 136 Å². The molecule has 2 heterocycles. The molecule has 0 aliphatic carbocycles. The molecule has 0 aliphatic rings. The number of hydrogen-bond acceptors (Lipinski definition) is 6. The number of aliphatic hydroxyl groups excluding tert-OH is 1. The number of nitrogens with zero attached hydrogens (tertiary/aromatic N) is 3. The van der Waals surface area contributed by atoms with Crippen LogP contribution in [0.3, 0.4) is 0 Å². The summed E-state index contributed by atoms with van der Waals surface area (Å²) in [5, 5.41) is 12.7. The molecule has 0 radical (unpaired) electrons. The number of aliphatic hydroxyl groups is 1. The van der Waals surface area contributed by atoms with Gasteiger partial charge in [-0.3, -0.25) is 4.98 Å². The number of rotatable bonds is 9. The Bertz CT molecular complexity index is 619. The number of aromatic nitrogens is 3. The second-order valence-electron chi connectivity index (χ2n) is 5.07. The van der Waals surface area contributed by atoms with E-state index in [1.54, 1.807) is 18.5 Å². The first-order valence-electron chi connectivity index (χ1n) is 7.66. The fourth-order valence-corrected chi connectivity index (χ4v) is 2.08. The minimum Gasteiger partial charge on any atom is -0.482 e. The molecule has 2 rings (SSSR count). The van der Waals surface area contributed by atoms with Gasteiger partial charge < -0.3 is 15.2 Å². The molecule has 0 bridgehead atoms. The molecule has 6 heteroatoms. The first-order chi connectivity index (χ1) is 11.3. The first-order valence-corrected chi connectivity index (χ1v) is 7.66. The van der Waals surface area contributed by atoms with Crippen LogP contribution in [0.5, 0.6) is 5.75 Å². The number of ether oxygens (including phenoxy) is 1. The lowest BCUT2D eigenvalue weighted by Crippen LogP contribution is -2.24. The van der Waals surface area contributed by atoms with E-state index in [1.807, 2.05) is 18.2 Å². The monoisotopic (exact) mass is 314 g/mol. The third-order valence-electron chi connectivity index (χ3n) is 3.26. The van der Waals surface area contributed by atoms with Gasteiger partial charge in [-0.2, -0.15) is 0 Å². The molecule has 0 fully saturated rings. The molecule has 0 aromatic carbocycles. The Morgan fingerprint density at radius 1 is 1.39 bits per heavy atom. The van der Waals surface area contributed by atoms with Crippen LogP contribution in [0.2, 0.25) is 0 Å². The van der Waals surface area contributed by atoms with Crippen molar-refractivity contribution in [2.24, 2.45) is 0 Å². The van der Waals surface area contributed by atoms with Crippen LogP contribution in [0.15, 0.2) is 37.2 Å². The SMILES string of the molecule is C=Cc1ncc(OCc2ccccn2)c(N[C@H](CO)CCC)n1. The minimum atomic E-state index is -0.0789. The molecule has 2 aromatic rings. The Morgan fingerprint density at radius 3 is 2.91 bits per heavy atom. The highest BCUT2D eigenvalue weighted by molar-refractivity contribution is 5.52. The third-order valence-corrected chi connectivity index (χ3v) is 3.26. The van der Waals surface area contributed by atoms with E-state index < -0.39 is 0 Å². The van der Waals surface area contributed by atoms with Gasteiger partial charge in [0.05, 0.1) is 24.5 Å². The van der Waals surface area contributed by atoms with Crippen LogP contribution in [-0.4, -0.2) is 32.7 Å². The minimum absolute atomic E-state index is 0.0287. The van der Waals surface area contributed by atoms with Crippen molar-refractivity contribution in [1.82, 2.24) is 15.0 Å². The Hall–Kier alpha value is -2.47. The largest absolute Gasteiger partial charge is 0.482 e. The van der Waals surface area contributed by atoms with E-state index in [-0.39, 0.29) is 12.6 Å². The molecule has 0 saturated heterocycles. The number of hydrogen-bond donors (Lipinski definition) is 2. The standard InChI is InChI=1S/C17H22N4O2/c1-3-7-13(11-22)20-17-15(10-19-16(4-2)21-17)23-12-14-8-5-6-9-18-14/h4-6,8-10,13,22H,2-3,7,11-12H2,1H3,(H,19,20,21)/t13-/m0/s1. The van der Waals surface area contributed by atoms with Crippen molar-refractivity contribution >= 4 is 11.9 Å². The predicted octanol–water partition coefficient (Wildman–Crippen LogP) is 2.67. The highest BCUT2D eigenvalue weighted by Crippen LogP contribution is 2.23. The van der Waals surface area contributed by atoms with Gasteiger partial charge in [0.2, 0.25) is 0 Å². The molecule has 0 spiro atoms. The average Bonchev–Trinajstić information content (AvgIpc) is 2.61. The Balaban J connectivity index is 2.15. The van der Waals surface area contributed by atoms with Gasteiger partial charge in [0.25, 0.3) is 0 Å². The van der Waals surface area contributed by atoms with Crippen molar-refractivity contribution in [2.75, 3.05) is 11.9 Å². The summed E-state index contributed by atoms with van der Waals surface area (Å²) in [6.07, 6.45) is 6.70. The quantitative estimate of drug-likeness (QED) is 0.741. The molecule has 0 aliphatic heterocycles. The van der Waals surface area contributed by atoms with Crippen molar-refractivity contribution in [3.05, 3.63) is 48.7 Å². The highest BCUT2D eigenvalue weighted by atomic mass is 16.5. The van der Waals surface area contributed by atoms with Crippen LogP contribution < -0.4 is 10.1 Å². The van der Waals surface area contributed by atoms with Gasteiger partial charge in [-0.15, -0.1) is 0 Å².